The SMILES string of the molecule is COc1ccc2cc(C#Cc3ccc(N4CCN(S(=O)(=O)NC(C(=O)O)C(C)C)CC4)cc3)ccc2c1. The summed E-state index contributed by atoms with van der Waals surface area (Å²) in [4.78, 5) is 13.5. The third-order valence-electron chi connectivity index (χ3n) is 6.42. The number of methoxy groups -OCH3 is 1. The molecule has 0 radical (unpaired) electrons. The lowest BCUT2D eigenvalue weighted by Gasteiger charge is -2.36. The number of ether oxygens (including phenoxy) is 1. The van der Waals surface area contributed by atoms with Gasteiger partial charge in [-0.05, 0) is 65.2 Å². The van der Waals surface area contributed by atoms with Crippen LogP contribution in [0.5, 0.6) is 5.75 Å². The Balaban J connectivity index is 1.37. The average molecular weight is 522 g/mol. The normalized spacial score (nSPS) is 15.3. The molecule has 0 aliphatic carbocycles. The van der Waals surface area contributed by atoms with E-state index in [1.807, 2.05) is 54.6 Å². The summed E-state index contributed by atoms with van der Waals surface area (Å²) in [5.41, 5.74) is 2.80. The molecule has 3 aromatic rings. The lowest BCUT2D eigenvalue weighted by molar-refractivity contribution is -0.140. The molecule has 1 aliphatic heterocycles. The second-order valence-corrected chi connectivity index (χ2v) is 11.0. The van der Waals surface area contributed by atoms with Crippen LogP contribution in [0.1, 0.15) is 25.0 Å². The molecule has 1 saturated heterocycles. The van der Waals surface area contributed by atoms with Crippen molar-refractivity contribution in [1.82, 2.24) is 9.03 Å². The molecule has 2 N–H and O–H groups in total. The van der Waals surface area contributed by atoms with E-state index in [2.05, 4.69) is 27.5 Å². The van der Waals surface area contributed by atoms with Gasteiger partial charge in [-0.25, -0.2) is 0 Å². The highest BCUT2D eigenvalue weighted by molar-refractivity contribution is 7.87. The van der Waals surface area contributed by atoms with Gasteiger partial charge in [0.05, 0.1) is 7.11 Å². The zero-order chi connectivity index (χ0) is 26.6. The first-order valence-corrected chi connectivity index (χ1v) is 13.6. The number of anilines is 1. The molecule has 0 amide bonds. The van der Waals surface area contributed by atoms with Crippen LogP contribution in [-0.2, 0) is 15.0 Å². The summed E-state index contributed by atoms with van der Waals surface area (Å²) in [7, 11) is -2.23. The van der Waals surface area contributed by atoms with Crippen molar-refractivity contribution in [3.63, 3.8) is 0 Å². The lowest BCUT2D eigenvalue weighted by atomic mass is 10.1. The van der Waals surface area contributed by atoms with Gasteiger partial charge in [0.1, 0.15) is 11.8 Å². The van der Waals surface area contributed by atoms with Gasteiger partial charge in [0.2, 0.25) is 0 Å². The van der Waals surface area contributed by atoms with Gasteiger partial charge in [-0.15, -0.1) is 0 Å². The van der Waals surface area contributed by atoms with Crippen LogP contribution in [0.3, 0.4) is 0 Å². The Hall–Kier alpha value is -3.58. The summed E-state index contributed by atoms with van der Waals surface area (Å²) >= 11 is 0. The summed E-state index contributed by atoms with van der Waals surface area (Å²) in [5, 5.41) is 11.5. The van der Waals surface area contributed by atoms with E-state index in [1.54, 1.807) is 21.0 Å². The van der Waals surface area contributed by atoms with E-state index in [1.165, 1.54) is 4.31 Å². The van der Waals surface area contributed by atoms with E-state index < -0.39 is 22.2 Å². The molecule has 0 bridgehead atoms. The van der Waals surface area contributed by atoms with Crippen LogP contribution in [0.4, 0.5) is 5.69 Å². The van der Waals surface area contributed by atoms with Crippen LogP contribution in [0.15, 0.2) is 60.7 Å². The second-order valence-electron chi connectivity index (χ2n) is 9.29. The molecule has 0 aromatic heterocycles. The van der Waals surface area contributed by atoms with Crippen LogP contribution in [0.25, 0.3) is 10.8 Å². The summed E-state index contributed by atoms with van der Waals surface area (Å²) in [6.45, 7) is 4.91. The van der Waals surface area contributed by atoms with Crippen molar-refractivity contribution in [2.24, 2.45) is 5.92 Å². The third kappa shape index (κ3) is 6.41. The Kier molecular flexibility index (Phi) is 8.03. The summed E-state index contributed by atoms with van der Waals surface area (Å²) < 4.78 is 34.3. The average Bonchev–Trinajstić information content (AvgIpc) is 2.90. The number of hydrogen-bond acceptors (Lipinski definition) is 5. The predicted molar refractivity (Wildman–Crippen MR) is 145 cm³/mol. The van der Waals surface area contributed by atoms with Gasteiger partial charge in [-0.2, -0.15) is 17.4 Å². The monoisotopic (exact) mass is 521 g/mol. The number of rotatable bonds is 7. The molecule has 0 spiro atoms. The molecule has 194 valence electrons. The summed E-state index contributed by atoms with van der Waals surface area (Å²) in [5.74, 6) is 5.71. The number of nitrogens with one attached hydrogen (secondary N) is 1. The second kappa shape index (κ2) is 11.2. The fourth-order valence-corrected chi connectivity index (χ4v) is 5.71. The van der Waals surface area contributed by atoms with Crippen LogP contribution in [-0.4, -0.2) is 63.1 Å². The molecule has 8 nitrogen and oxygen atoms in total. The van der Waals surface area contributed by atoms with Crippen molar-refractivity contribution in [3.05, 3.63) is 71.8 Å². The molecular weight excluding hydrogens is 490 g/mol. The first-order valence-electron chi connectivity index (χ1n) is 12.1. The van der Waals surface area contributed by atoms with E-state index >= 15 is 0 Å². The number of carbonyl (C=O) groups is 1. The highest BCUT2D eigenvalue weighted by Gasteiger charge is 2.32. The Labute approximate surface area is 218 Å². The van der Waals surface area contributed by atoms with Crippen molar-refractivity contribution in [3.8, 4) is 17.6 Å². The molecular formula is C28H31N3O5S. The molecule has 3 aromatic carbocycles. The van der Waals surface area contributed by atoms with Crippen LogP contribution >= 0.6 is 0 Å². The number of hydrogen-bond donors (Lipinski definition) is 2. The number of fused-ring (bicyclic) bond motifs is 1. The van der Waals surface area contributed by atoms with Gasteiger partial charge in [-0.3, -0.25) is 4.79 Å². The quantitative estimate of drug-likeness (QED) is 0.463. The number of carboxylic acids is 1. The molecule has 37 heavy (non-hydrogen) atoms. The van der Waals surface area contributed by atoms with Crippen molar-refractivity contribution in [1.29, 1.82) is 0 Å². The first-order chi connectivity index (χ1) is 17.7. The Morgan fingerprint density at radius 3 is 2.14 bits per heavy atom. The minimum atomic E-state index is -3.88. The van der Waals surface area contributed by atoms with E-state index in [4.69, 9.17) is 4.74 Å². The number of aliphatic carboxylic acids is 1. The van der Waals surface area contributed by atoms with Crippen molar-refractivity contribution in [2.75, 3.05) is 38.2 Å². The molecule has 9 heteroatoms. The van der Waals surface area contributed by atoms with Crippen LogP contribution < -0.4 is 14.4 Å². The van der Waals surface area contributed by atoms with Gasteiger partial charge in [0.15, 0.2) is 0 Å². The van der Waals surface area contributed by atoms with E-state index in [-0.39, 0.29) is 19.0 Å². The minimum Gasteiger partial charge on any atom is -0.497 e. The number of nitrogens with zero attached hydrogens (tertiary/aromatic N) is 2. The first kappa shape index (κ1) is 26.5. The Morgan fingerprint density at radius 2 is 1.51 bits per heavy atom. The molecule has 1 fully saturated rings. The zero-order valence-electron chi connectivity index (χ0n) is 21.1. The fraction of sp³-hybridized carbons (Fsp3) is 0.321. The maximum Gasteiger partial charge on any atom is 0.322 e. The summed E-state index contributed by atoms with van der Waals surface area (Å²) in [6, 6.07) is 18.8. The van der Waals surface area contributed by atoms with Gasteiger partial charge >= 0.3 is 5.97 Å². The van der Waals surface area contributed by atoms with Gasteiger partial charge in [0, 0.05) is 43.0 Å². The lowest BCUT2D eigenvalue weighted by Crippen LogP contribution is -2.55. The van der Waals surface area contributed by atoms with Crippen LogP contribution in [0, 0.1) is 17.8 Å². The smallest absolute Gasteiger partial charge is 0.322 e. The predicted octanol–water partition coefficient (Wildman–Crippen LogP) is 3.31. The van der Waals surface area contributed by atoms with Crippen LogP contribution in [0.2, 0.25) is 0 Å². The molecule has 1 atom stereocenters. The number of piperazine rings is 1. The number of carboxylic acid groups (broad SMARTS) is 1. The molecule has 1 unspecified atom stereocenters. The highest BCUT2D eigenvalue weighted by atomic mass is 32.2. The molecule has 0 saturated carbocycles. The largest absolute Gasteiger partial charge is 0.497 e. The van der Waals surface area contributed by atoms with Gasteiger partial charge < -0.3 is 14.7 Å². The van der Waals surface area contributed by atoms with Crippen molar-refractivity contribution >= 4 is 32.6 Å². The van der Waals surface area contributed by atoms with Gasteiger partial charge in [0.25, 0.3) is 10.2 Å². The fourth-order valence-electron chi connectivity index (χ4n) is 4.22. The molecule has 4 rings (SSSR count). The Bertz CT molecular complexity index is 1430. The summed E-state index contributed by atoms with van der Waals surface area (Å²) in [6.07, 6.45) is 0. The van der Waals surface area contributed by atoms with Gasteiger partial charge in [-0.1, -0.05) is 37.8 Å². The zero-order valence-corrected chi connectivity index (χ0v) is 22.0. The highest BCUT2D eigenvalue weighted by Crippen LogP contribution is 2.22. The molecule has 1 aliphatic rings. The topological polar surface area (TPSA) is 99.2 Å². The maximum atomic E-state index is 12.7. The van der Waals surface area contributed by atoms with Crippen molar-refractivity contribution in [2.45, 2.75) is 19.9 Å². The minimum absolute atomic E-state index is 0.273. The number of benzene rings is 3. The Morgan fingerprint density at radius 1 is 0.919 bits per heavy atom. The molecule has 1 heterocycles. The van der Waals surface area contributed by atoms with E-state index in [0.717, 1.165) is 33.3 Å². The third-order valence-corrected chi connectivity index (χ3v) is 8.01. The maximum absolute atomic E-state index is 12.7. The van der Waals surface area contributed by atoms with Crippen molar-refractivity contribution < 1.29 is 23.1 Å². The van der Waals surface area contributed by atoms with E-state index in [0.29, 0.717) is 13.1 Å². The standard InChI is InChI=1S/C28H31N3O5S/c1-20(2)27(28(32)33)29-37(34,35)31-16-14-30(15-17-31)25-11-7-21(8-12-25)4-5-22-6-9-24-19-26(36-3)13-10-23(24)18-22/h6-13,18-20,27,29H,14-17H2,1-3H3,(H,32,33). The van der Waals surface area contributed by atoms with E-state index in [9.17, 15) is 18.3 Å².